The summed E-state index contributed by atoms with van der Waals surface area (Å²) < 4.78 is 43.3. The second-order valence-corrected chi connectivity index (χ2v) is 6.31. The Kier molecular flexibility index (Phi) is 3.40. The first-order valence-electron chi connectivity index (χ1n) is 4.24. The van der Waals surface area contributed by atoms with Crippen LogP contribution in [0.3, 0.4) is 0 Å². The summed E-state index contributed by atoms with van der Waals surface area (Å²) in [4.78, 5) is -0.422. The number of nitrogens with zero attached hydrogens (tertiary/aromatic N) is 2. The van der Waals surface area contributed by atoms with Crippen molar-refractivity contribution in [3.05, 3.63) is 34.7 Å². The SMILES string of the molecule is O=S(=O)(Nc1cnns1)c1ccc(Br)cc1F. The third kappa shape index (κ3) is 2.79. The van der Waals surface area contributed by atoms with E-state index in [-0.39, 0.29) is 5.00 Å². The lowest BCUT2D eigenvalue weighted by Crippen LogP contribution is -2.13. The third-order valence-corrected chi connectivity index (χ3v) is 4.38. The van der Waals surface area contributed by atoms with E-state index in [0.29, 0.717) is 4.47 Å². The van der Waals surface area contributed by atoms with Gasteiger partial charge in [0.2, 0.25) is 0 Å². The van der Waals surface area contributed by atoms with Gasteiger partial charge in [-0.1, -0.05) is 20.4 Å². The smallest absolute Gasteiger partial charge is 0.265 e. The number of nitrogens with one attached hydrogen (secondary N) is 1. The highest BCUT2D eigenvalue weighted by Gasteiger charge is 2.19. The zero-order valence-electron chi connectivity index (χ0n) is 8.09. The van der Waals surface area contributed by atoms with Crippen LogP contribution in [0.5, 0.6) is 0 Å². The van der Waals surface area contributed by atoms with Crippen LogP contribution in [-0.4, -0.2) is 18.0 Å². The summed E-state index contributed by atoms with van der Waals surface area (Å²) in [6, 6.07) is 3.71. The van der Waals surface area contributed by atoms with Crippen molar-refractivity contribution in [2.75, 3.05) is 4.72 Å². The maximum atomic E-state index is 13.5. The van der Waals surface area contributed by atoms with Crippen LogP contribution >= 0.6 is 27.5 Å². The van der Waals surface area contributed by atoms with Crippen LogP contribution in [0.2, 0.25) is 0 Å². The number of benzene rings is 1. The molecule has 0 saturated heterocycles. The molecule has 90 valence electrons. The van der Waals surface area contributed by atoms with Gasteiger partial charge in [-0.25, -0.2) is 12.8 Å². The van der Waals surface area contributed by atoms with Gasteiger partial charge in [0, 0.05) is 16.0 Å². The fraction of sp³-hybridized carbons (Fsp3) is 0. The fourth-order valence-corrected chi connectivity index (χ4v) is 3.17. The predicted molar refractivity (Wildman–Crippen MR) is 64.8 cm³/mol. The summed E-state index contributed by atoms with van der Waals surface area (Å²) in [6.07, 6.45) is 1.25. The summed E-state index contributed by atoms with van der Waals surface area (Å²) in [7, 11) is -3.95. The third-order valence-electron chi connectivity index (χ3n) is 1.78. The predicted octanol–water partition coefficient (Wildman–Crippen LogP) is 2.24. The molecule has 0 unspecified atom stereocenters. The van der Waals surface area contributed by atoms with Gasteiger partial charge in [-0.05, 0) is 18.2 Å². The number of aromatic nitrogens is 2. The number of anilines is 1. The minimum absolute atomic E-state index is 0.229. The summed E-state index contributed by atoms with van der Waals surface area (Å²) >= 11 is 3.92. The quantitative estimate of drug-likeness (QED) is 0.932. The van der Waals surface area contributed by atoms with Gasteiger partial charge >= 0.3 is 0 Å². The van der Waals surface area contributed by atoms with Crippen molar-refractivity contribution in [2.45, 2.75) is 4.90 Å². The molecular weight excluding hydrogens is 333 g/mol. The van der Waals surface area contributed by atoms with E-state index in [1.54, 1.807) is 0 Å². The minimum Gasteiger partial charge on any atom is -0.268 e. The molecule has 0 fully saturated rings. The molecule has 5 nitrogen and oxygen atoms in total. The maximum Gasteiger partial charge on any atom is 0.265 e. The topological polar surface area (TPSA) is 72.0 Å². The molecule has 1 aromatic carbocycles. The first-order valence-corrected chi connectivity index (χ1v) is 7.29. The summed E-state index contributed by atoms with van der Waals surface area (Å²) in [6.45, 7) is 0. The Morgan fingerprint density at radius 3 is 2.76 bits per heavy atom. The Hall–Kier alpha value is -1.06. The average Bonchev–Trinajstić information content (AvgIpc) is 2.68. The first kappa shape index (κ1) is 12.4. The Bertz CT molecular complexity index is 630. The van der Waals surface area contributed by atoms with Gasteiger partial charge in [-0.2, -0.15) is 0 Å². The number of rotatable bonds is 3. The molecule has 0 bridgehead atoms. The van der Waals surface area contributed by atoms with Crippen molar-refractivity contribution < 1.29 is 12.8 Å². The van der Waals surface area contributed by atoms with Gasteiger partial charge in [0.15, 0.2) is 0 Å². The van der Waals surface area contributed by atoms with E-state index in [2.05, 4.69) is 30.2 Å². The molecule has 0 radical (unpaired) electrons. The molecule has 17 heavy (non-hydrogen) atoms. The molecule has 0 aliphatic rings. The molecular formula is C8H5BrFN3O2S2. The minimum atomic E-state index is -3.95. The van der Waals surface area contributed by atoms with Crippen LogP contribution in [-0.2, 0) is 10.0 Å². The van der Waals surface area contributed by atoms with Crippen molar-refractivity contribution in [1.82, 2.24) is 9.59 Å². The fourth-order valence-electron chi connectivity index (χ4n) is 1.09. The van der Waals surface area contributed by atoms with Crippen molar-refractivity contribution in [1.29, 1.82) is 0 Å². The molecule has 0 spiro atoms. The number of sulfonamides is 1. The molecule has 0 aliphatic heterocycles. The molecule has 1 aromatic heterocycles. The van der Waals surface area contributed by atoms with Gasteiger partial charge < -0.3 is 0 Å². The van der Waals surface area contributed by atoms with Crippen LogP contribution in [0.1, 0.15) is 0 Å². The molecule has 0 atom stereocenters. The van der Waals surface area contributed by atoms with Crippen molar-refractivity contribution >= 4 is 42.5 Å². The van der Waals surface area contributed by atoms with Crippen molar-refractivity contribution in [2.24, 2.45) is 0 Å². The highest BCUT2D eigenvalue weighted by atomic mass is 79.9. The highest BCUT2D eigenvalue weighted by Crippen LogP contribution is 2.22. The standard InChI is InChI=1S/C8H5BrFN3O2S2/c9-5-1-2-7(6(10)3-5)17(14,15)12-8-4-11-13-16-8/h1-4,12H. The van der Waals surface area contributed by atoms with Crippen molar-refractivity contribution in [3.8, 4) is 0 Å². The van der Waals surface area contributed by atoms with E-state index < -0.39 is 20.7 Å². The van der Waals surface area contributed by atoms with Gasteiger partial charge in [-0.3, -0.25) is 4.72 Å². The lowest BCUT2D eigenvalue weighted by atomic mass is 10.3. The van der Waals surface area contributed by atoms with E-state index >= 15 is 0 Å². The van der Waals surface area contributed by atoms with Gasteiger partial charge in [0.05, 0.1) is 6.20 Å². The van der Waals surface area contributed by atoms with E-state index in [4.69, 9.17) is 0 Å². The van der Waals surface area contributed by atoms with Crippen LogP contribution in [0.4, 0.5) is 9.39 Å². The Balaban J connectivity index is 2.38. The molecule has 0 saturated carbocycles. The van der Waals surface area contributed by atoms with Gasteiger partial charge in [-0.15, -0.1) is 5.10 Å². The molecule has 0 amide bonds. The van der Waals surface area contributed by atoms with Crippen LogP contribution in [0.15, 0.2) is 33.8 Å². The van der Waals surface area contributed by atoms with Gasteiger partial charge in [0.1, 0.15) is 15.7 Å². The lowest BCUT2D eigenvalue weighted by molar-refractivity contribution is 0.570. The monoisotopic (exact) mass is 337 g/mol. The summed E-state index contributed by atoms with van der Waals surface area (Å²) in [5, 5.41) is 3.71. The highest BCUT2D eigenvalue weighted by molar-refractivity contribution is 9.10. The van der Waals surface area contributed by atoms with E-state index in [0.717, 1.165) is 17.6 Å². The summed E-state index contributed by atoms with van der Waals surface area (Å²) in [5.41, 5.74) is 0. The second kappa shape index (κ2) is 4.67. The largest absolute Gasteiger partial charge is 0.268 e. The second-order valence-electron chi connectivity index (χ2n) is 2.96. The lowest BCUT2D eigenvalue weighted by Gasteiger charge is -2.06. The molecule has 2 rings (SSSR count). The van der Waals surface area contributed by atoms with Crippen LogP contribution in [0, 0.1) is 5.82 Å². The van der Waals surface area contributed by atoms with Gasteiger partial charge in [0.25, 0.3) is 10.0 Å². The van der Waals surface area contributed by atoms with E-state index in [9.17, 15) is 12.8 Å². The Morgan fingerprint density at radius 2 is 2.18 bits per heavy atom. The number of hydrogen-bond donors (Lipinski definition) is 1. The summed E-state index contributed by atoms with van der Waals surface area (Å²) in [5.74, 6) is -0.829. The first-order chi connectivity index (χ1) is 7.99. The van der Waals surface area contributed by atoms with Crippen molar-refractivity contribution in [3.63, 3.8) is 0 Å². The number of hydrogen-bond acceptors (Lipinski definition) is 5. The van der Waals surface area contributed by atoms with E-state index in [1.165, 1.54) is 18.3 Å². The Labute approximate surface area is 109 Å². The molecule has 1 heterocycles. The molecule has 2 aromatic rings. The zero-order valence-corrected chi connectivity index (χ0v) is 11.3. The number of halogens is 2. The van der Waals surface area contributed by atoms with E-state index in [1.807, 2.05) is 0 Å². The normalized spacial score (nSPS) is 11.4. The zero-order chi connectivity index (χ0) is 12.5. The molecule has 9 heteroatoms. The molecule has 1 N–H and O–H groups in total. The Morgan fingerprint density at radius 1 is 1.41 bits per heavy atom. The van der Waals surface area contributed by atoms with Crippen LogP contribution in [0.25, 0.3) is 0 Å². The average molecular weight is 338 g/mol. The maximum absolute atomic E-state index is 13.5. The van der Waals surface area contributed by atoms with Crippen LogP contribution < -0.4 is 4.72 Å². The molecule has 0 aliphatic carbocycles.